The van der Waals surface area contributed by atoms with Gasteiger partial charge in [0, 0.05) is 25.7 Å². The maximum Gasteiger partial charge on any atom is 0.410 e. The second-order valence-electron chi connectivity index (χ2n) is 14.4. The number of carbonyl (C=O) groups excluding carboxylic acids is 2. The van der Waals surface area contributed by atoms with Crippen molar-refractivity contribution in [3.8, 4) is 11.5 Å². The predicted molar refractivity (Wildman–Crippen MR) is 166 cm³/mol. The topological polar surface area (TPSA) is 114 Å². The molecule has 3 unspecified atom stereocenters. The number of hydrogen-bond acceptors (Lipinski definition) is 6. The van der Waals surface area contributed by atoms with Crippen molar-refractivity contribution < 1.29 is 33.7 Å². The molecule has 5 fully saturated rings. The first-order valence-electron chi connectivity index (χ1n) is 16.5. The Morgan fingerprint density at radius 3 is 2.24 bits per heavy atom. The Bertz CT molecular complexity index is 1440. The van der Waals surface area contributed by atoms with Crippen LogP contribution in [0.4, 0.5) is 4.79 Å². The molecule has 5 aliphatic carbocycles. The predicted octanol–water partition coefficient (Wildman–Crippen LogP) is 5.65. The van der Waals surface area contributed by atoms with Gasteiger partial charge in [0.25, 0.3) is 0 Å². The monoisotopic (exact) mass is 616 g/mol. The standard InChI is InChI=1S/C36H44N2O7/c1-43-27-13-23(14-28(16-27)44-2)21-37-33(41)36-17-22-11-25(19-36)32(26(12-22)20-36)45-34(42)38-9-7-35(8-10-38)18-24(15-31(39)40)29-5-3-4-6-30(29)35/h3-6,13-14,16,22,24-26,32H,7-12,15,17-21H2,1-2H3,(H,37,41)(H,39,40). The lowest BCUT2D eigenvalue weighted by molar-refractivity contribution is -0.165. The molecule has 2 aromatic rings. The number of aliphatic carboxylic acids is 1. The molecule has 4 saturated carbocycles. The van der Waals surface area contributed by atoms with Crippen LogP contribution in [0.25, 0.3) is 0 Å². The lowest BCUT2D eigenvalue weighted by Gasteiger charge is -2.58. The van der Waals surface area contributed by atoms with Crippen LogP contribution in [0.3, 0.4) is 0 Å². The smallest absolute Gasteiger partial charge is 0.410 e. The van der Waals surface area contributed by atoms with E-state index in [2.05, 4.69) is 17.4 Å². The number of carbonyl (C=O) groups is 3. The number of methoxy groups -OCH3 is 2. The number of hydrogen-bond donors (Lipinski definition) is 2. The van der Waals surface area contributed by atoms with Gasteiger partial charge in [0.15, 0.2) is 0 Å². The molecule has 0 aromatic heterocycles. The Kier molecular flexibility index (Phi) is 7.69. The van der Waals surface area contributed by atoms with Gasteiger partial charge in [-0.25, -0.2) is 4.79 Å². The summed E-state index contributed by atoms with van der Waals surface area (Å²) in [6, 6.07) is 13.9. The summed E-state index contributed by atoms with van der Waals surface area (Å²) < 4.78 is 17.1. The van der Waals surface area contributed by atoms with Crippen molar-refractivity contribution in [1.82, 2.24) is 10.2 Å². The zero-order valence-electron chi connectivity index (χ0n) is 26.3. The fraction of sp³-hybridized carbons (Fsp3) is 0.583. The molecule has 9 heteroatoms. The molecule has 8 rings (SSSR count). The number of fused-ring (bicyclic) bond motifs is 2. The molecule has 4 bridgehead atoms. The highest BCUT2D eigenvalue weighted by atomic mass is 16.6. The van der Waals surface area contributed by atoms with Crippen molar-refractivity contribution in [3.05, 3.63) is 59.2 Å². The summed E-state index contributed by atoms with van der Waals surface area (Å²) >= 11 is 0. The van der Waals surface area contributed by atoms with Crippen LogP contribution >= 0.6 is 0 Å². The summed E-state index contributed by atoms with van der Waals surface area (Å²) in [7, 11) is 3.23. The summed E-state index contributed by atoms with van der Waals surface area (Å²) in [6.07, 6.45) is 6.69. The summed E-state index contributed by atoms with van der Waals surface area (Å²) in [6.45, 7) is 1.63. The summed E-state index contributed by atoms with van der Waals surface area (Å²) in [5, 5.41) is 12.7. The molecule has 1 saturated heterocycles. The molecule has 0 radical (unpaired) electrons. The first kappa shape index (κ1) is 29.9. The molecule has 1 heterocycles. The summed E-state index contributed by atoms with van der Waals surface area (Å²) in [5.41, 5.74) is 2.87. The molecular formula is C36H44N2O7. The number of carboxylic acid groups (broad SMARTS) is 1. The maximum atomic E-state index is 13.7. The van der Waals surface area contributed by atoms with Crippen LogP contribution in [-0.2, 0) is 26.3 Å². The van der Waals surface area contributed by atoms with Crippen LogP contribution in [-0.4, -0.2) is 61.4 Å². The second-order valence-corrected chi connectivity index (χ2v) is 14.4. The molecule has 1 aliphatic heterocycles. The van der Waals surface area contributed by atoms with E-state index in [1.54, 1.807) is 14.2 Å². The zero-order chi connectivity index (χ0) is 31.3. The molecule has 2 amide bonds. The van der Waals surface area contributed by atoms with E-state index in [4.69, 9.17) is 14.2 Å². The van der Waals surface area contributed by atoms with Crippen molar-refractivity contribution in [2.45, 2.75) is 81.8 Å². The van der Waals surface area contributed by atoms with Crippen LogP contribution in [0.1, 0.15) is 80.4 Å². The first-order chi connectivity index (χ1) is 21.7. The Morgan fingerprint density at radius 2 is 1.60 bits per heavy atom. The molecular weight excluding hydrogens is 572 g/mol. The normalized spacial score (nSPS) is 30.5. The van der Waals surface area contributed by atoms with Gasteiger partial charge in [0.05, 0.1) is 26.1 Å². The second kappa shape index (κ2) is 11.6. The van der Waals surface area contributed by atoms with Crippen LogP contribution in [0.2, 0.25) is 0 Å². The molecule has 6 aliphatic rings. The van der Waals surface area contributed by atoms with E-state index < -0.39 is 11.4 Å². The van der Waals surface area contributed by atoms with E-state index in [1.165, 1.54) is 5.56 Å². The number of nitrogens with one attached hydrogen (secondary N) is 1. The fourth-order valence-electron chi connectivity index (χ4n) is 9.99. The fourth-order valence-corrected chi connectivity index (χ4v) is 9.99. The Labute approximate surface area is 264 Å². The van der Waals surface area contributed by atoms with Gasteiger partial charge in [-0.05, 0) is 109 Å². The summed E-state index contributed by atoms with van der Waals surface area (Å²) in [4.78, 5) is 40.7. The minimum atomic E-state index is -0.764. The van der Waals surface area contributed by atoms with Gasteiger partial charge < -0.3 is 29.5 Å². The third-order valence-electron chi connectivity index (χ3n) is 11.8. The third kappa shape index (κ3) is 5.42. The van der Waals surface area contributed by atoms with Crippen LogP contribution in [0.5, 0.6) is 11.5 Å². The van der Waals surface area contributed by atoms with Gasteiger partial charge >= 0.3 is 12.1 Å². The first-order valence-corrected chi connectivity index (χ1v) is 16.5. The van der Waals surface area contributed by atoms with Crippen molar-refractivity contribution in [2.75, 3.05) is 27.3 Å². The van der Waals surface area contributed by atoms with Crippen molar-refractivity contribution in [2.24, 2.45) is 23.2 Å². The number of rotatable bonds is 8. The zero-order valence-corrected chi connectivity index (χ0v) is 26.3. The van der Waals surface area contributed by atoms with Gasteiger partial charge in [-0.15, -0.1) is 0 Å². The highest BCUT2D eigenvalue weighted by Gasteiger charge is 2.60. The van der Waals surface area contributed by atoms with Crippen LogP contribution < -0.4 is 14.8 Å². The summed E-state index contributed by atoms with van der Waals surface area (Å²) in [5.74, 6) is 1.65. The minimum Gasteiger partial charge on any atom is -0.497 e. The van der Waals surface area contributed by atoms with Gasteiger partial charge in [0.2, 0.25) is 5.91 Å². The minimum absolute atomic E-state index is 0.0214. The number of ether oxygens (including phenoxy) is 3. The van der Waals surface area contributed by atoms with Crippen molar-refractivity contribution >= 4 is 18.0 Å². The molecule has 45 heavy (non-hydrogen) atoms. The Morgan fingerprint density at radius 1 is 0.933 bits per heavy atom. The molecule has 3 atom stereocenters. The molecule has 2 aromatic carbocycles. The van der Waals surface area contributed by atoms with E-state index in [-0.39, 0.29) is 47.7 Å². The number of carboxylic acids is 1. The van der Waals surface area contributed by atoms with E-state index >= 15 is 0 Å². The quantitative estimate of drug-likeness (QED) is 0.394. The number of amides is 2. The number of likely N-dealkylation sites (tertiary alicyclic amines) is 1. The van der Waals surface area contributed by atoms with Gasteiger partial charge in [-0.2, -0.15) is 0 Å². The largest absolute Gasteiger partial charge is 0.497 e. The van der Waals surface area contributed by atoms with E-state index in [1.807, 2.05) is 35.2 Å². The van der Waals surface area contributed by atoms with Crippen molar-refractivity contribution in [3.63, 3.8) is 0 Å². The van der Waals surface area contributed by atoms with Gasteiger partial charge in [-0.1, -0.05) is 24.3 Å². The highest BCUT2D eigenvalue weighted by Crippen LogP contribution is 2.61. The van der Waals surface area contributed by atoms with Crippen molar-refractivity contribution in [1.29, 1.82) is 0 Å². The van der Waals surface area contributed by atoms with E-state index in [0.29, 0.717) is 37.1 Å². The Balaban J connectivity index is 0.970. The SMILES string of the molecule is COc1cc(CNC(=O)C23CC4CC(C2)C(OC(=O)N2CCC5(CC2)CC(CC(=O)O)c2ccccc25)C(C4)C3)cc(OC)c1. The average molecular weight is 617 g/mol. The lowest BCUT2D eigenvalue weighted by atomic mass is 9.48. The third-order valence-corrected chi connectivity index (χ3v) is 11.8. The van der Waals surface area contributed by atoms with E-state index in [9.17, 15) is 19.5 Å². The highest BCUT2D eigenvalue weighted by molar-refractivity contribution is 5.83. The molecule has 240 valence electrons. The number of nitrogens with zero attached hydrogens (tertiary/aromatic N) is 1. The molecule has 9 nitrogen and oxygen atoms in total. The van der Waals surface area contributed by atoms with Gasteiger partial charge in [0.1, 0.15) is 17.6 Å². The van der Waals surface area contributed by atoms with Gasteiger partial charge in [-0.3, -0.25) is 9.59 Å². The van der Waals surface area contributed by atoms with E-state index in [0.717, 1.165) is 62.5 Å². The number of benzene rings is 2. The average Bonchev–Trinajstić information content (AvgIpc) is 3.32. The van der Waals surface area contributed by atoms with Crippen LogP contribution in [0, 0.1) is 23.2 Å². The maximum absolute atomic E-state index is 13.7. The Hall–Kier alpha value is -3.75. The van der Waals surface area contributed by atoms with Crippen LogP contribution in [0.15, 0.2) is 42.5 Å². The molecule has 2 N–H and O–H groups in total. The molecule has 1 spiro atoms. The number of piperidine rings is 1. The lowest BCUT2D eigenvalue weighted by Crippen LogP contribution is -2.59.